The van der Waals surface area contributed by atoms with Crippen LogP contribution in [0.2, 0.25) is 0 Å². The summed E-state index contributed by atoms with van der Waals surface area (Å²) >= 11 is 0. The maximum absolute atomic E-state index is 13.4. The molecule has 1 atom stereocenters. The molecule has 4 aromatic rings. The standard InChI is InChI=1S/C30H32FN5O4/c1-17(2)24(25(38)27-34-35-29(40-27)30(5,6)21-12-14-22(31)15-13-21)33-23(37)16-36-26(20-10-8-7-9-11-20)32-19(4)18(3)28(36)39/h7-15,17,24H,16H2,1-6H3,(H,33,37). The van der Waals surface area contributed by atoms with Gasteiger partial charge in [0.05, 0.1) is 11.5 Å². The zero-order valence-electron chi connectivity index (χ0n) is 23.4. The van der Waals surface area contributed by atoms with E-state index in [0.29, 0.717) is 22.6 Å². The number of carbonyl (C=O) groups is 2. The molecule has 1 N–H and O–H groups in total. The Bertz CT molecular complexity index is 1590. The Morgan fingerprint density at radius 2 is 1.68 bits per heavy atom. The average molecular weight is 546 g/mol. The maximum atomic E-state index is 13.4. The van der Waals surface area contributed by atoms with Crippen LogP contribution < -0.4 is 10.9 Å². The van der Waals surface area contributed by atoms with Gasteiger partial charge in [-0.3, -0.25) is 19.0 Å². The Balaban J connectivity index is 1.58. The predicted octanol–water partition coefficient (Wildman–Crippen LogP) is 4.40. The van der Waals surface area contributed by atoms with E-state index in [0.717, 1.165) is 5.56 Å². The number of aromatic nitrogens is 4. The highest BCUT2D eigenvalue weighted by Crippen LogP contribution is 2.31. The first kappa shape index (κ1) is 28.5. The number of aryl methyl sites for hydroxylation is 1. The number of benzene rings is 2. The van der Waals surface area contributed by atoms with Gasteiger partial charge in [0.15, 0.2) is 0 Å². The quantitative estimate of drug-likeness (QED) is 0.310. The van der Waals surface area contributed by atoms with Crippen LogP contribution in [0.25, 0.3) is 11.4 Å². The molecule has 0 saturated heterocycles. The van der Waals surface area contributed by atoms with Gasteiger partial charge in [-0.25, -0.2) is 9.37 Å². The lowest BCUT2D eigenvalue weighted by molar-refractivity contribution is -0.122. The molecule has 0 aliphatic rings. The average Bonchev–Trinajstić information content (AvgIpc) is 3.44. The zero-order chi connectivity index (χ0) is 29.2. The molecule has 4 rings (SSSR count). The van der Waals surface area contributed by atoms with Crippen molar-refractivity contribution in [2.45, 2.75) is 59.5 Å². The Labute approximate surface area is 231 Å². The molecular weight excluding hydrogens is 513 g/mol. The maximum Gasteiger partial charge on any atom is 0.286 e. The van der Waals surface area contributed by atoms with Gasteiger partial charge in [0.1, 0.15) is 18.2 Å². The predicted molar refractivity (Wildman–Crippen MR) is 147 cm³/mol. The summed E-state index contributed by atoms with van der Waals surface area (Å²) in [4.78, 5) is 44.4. The molecule has 0 radical (unpaired) electrons. The van der Waals surface area contributed by atoms with Crippen molar-refractivity contribution < 1.29 is 18.4 Å². The van der Waals surface area contributed by atoms with Gasteiger partial charge in [0, 0.05) is 16.8 Å². The fourth-order valence-corrected chi connectivity index (χ4v) is 4.31. The van der Waals surface area contributed by atoms with Crippen LogP contribution in [0.5, 0.6) is 0 Å². The van der Waals surface area contributed by atoms with E-state index >= 15 is 0 Å². The fourth-order valence-electron chi connectivity index (χ4n) is 4.31. The highest BCUT2D eigenvalue weighted by molar-refractivity contribution is 5.98. The first-order valence-corrected chi connectivity index (χ1v) is 13.0. The summed E-state index contributed by atoms with van der Waals surface area (Å²) in [6, 6.07) is 14.0. The van der Waals surface area contributed by atoms with E-state index in [1.165, 1.54) is 16.7 Å². The highest BCUT2D eigenvalue weighted by atomic mass is 19.1. The first-order chi connectivity index (χ1) is 18.9. The number of rotatable bonds is 9. The van der Waals surface area contributed by atoms with E-state index in [4.69, 9.17) is 4.42 Å². The van der Waals surface area contributed by atoms with E-state index < -0.39 is 23.1 Å². The second-order valence-electron chi connectivity index (χ2n) is 10.6. The molecule has 0 saturated carbocycles. The van der Waals surface area contributed by atoms with E-state index in [1.54, 1.807) is 39.8 Å². The van der Waals surface area contributed by atoms with Crippen LogP contribution in [0.3, 0.4) is 0 Å². The van der Waals surface area contributed by atoms with Gasteiger partial charge in [0.25, 0.3) is 11.4 Å². The number of hydrogen-bond acceptors (Lipinski definition) is 7. The lowest BCUT2D eigenvalue weighted by Crippen LogP contribution is -2.46. The minimum absolute atomic E-state index is 0.177. The molecule has 0 bridgehead atoms. The fraction of sp³-hybridized carbons (Fsp3) is 0.333. The number of amides is 1. The Morgan fingerprint density at radius 3 is 2.30 bits per heavy atom. The molecule has 9 nitrogen and oxygen atoms in total. The summed E-state index contributed by atoms with van der Waals surface area (Å²) in [5, 5.41) is 10.8. The van der Waals surface area contributed by atoms with Crippen LogP contribution in [-0.2, 0) is 16.8 Å². The van der Waals surface area contributed by atoms with Crippen LogP contribution in [-0.4, -0.2) is 37.5 Å². The monoisotopic (exact) mass is 545 g/mol. The molecule has 0 aliphatic carbocycles. The molecule has 2 heterocycles. The molecular formula is C30H32FN5O4. The SMILES string of the molecule is Cc1nc(-c2ccccc2)n(CC(=O)NC(C(=O)c2nnc(C(C)(C)c3ccc(F)cc3)o2)C(C)C)c(=O)c1C. The van der Waals surface area contributed by atoms with E-state index in [1.807, 2.05) is 44.2 Å². The summed E-state index contributed by atoms with van der Waals surface area (Å²) in [6.45, 7) is 10.3. The molecule has 1 unspecified atom stereocenters. The van der Waals surface area contributed by atoms with Gasteiger partial charge in [-0.2, -0.15) is 0 Å². The van der Waals surface area contributed by atoms with Gasteiger partial charge < -0.3 is 9.73 Å². The topological polar surface area (TPSA) is 120 Å². The van der Waals surface area contributed by atoms with Crippen molar-refractivity contribution in [2.75, 3.05) is 0 Å². The first-order valence-electron chi connectivity index (χ1n) is 13.0. The summed E-state index contributed by atoms with van der Waals surface area (Å²) < 4.78 is 20.5. The van der Waals surface area contributed by atoms with Crippen LogP contribution in [0, 0.1) is 25.6 Å². The van der Waals surface area contributed by atoms with Crippen LogP contribution in [0.15, 0.2) is 63.8 Å². The molecule has 2 aromatic carbocycles. The van der Waals surface area contributed by atoms with E-state index in [9.17, 15) is 18.8 Å². The number of ketones is 1. The van der Waals surface area contributed by atoms with Crippen molar-refractivity contribution in [3.63, 3.8) is 0 Å². The Kier molecular flexibility index (Phi) is 8.08. The normalized spacial score (nSPS) is 12.4. The molecule has 0 fully saturated rings. The van der Waals surface area contributed by atoms with Crippen molar-refractivity contribution in [2.24, 2.45) is 5.92 Å². The summed E-state index contributed by atoms with van der Waals surface area (Å²) in [5.74, 6) is -1.49. The minimum Gasteiger partial charge on any atom is -0.417 e. The van der Waals surface area contributed by atoms with Crippen molar-refractivity contribution in [3.8, 4) is 11.4 Å². The number of Topliss-reactive ketones (excluding diaryl/α,β-unsaturated/α-hetero) is 1. The van der Waals surface area contributed by atoms with E-state index in [2.05, 4.69) is 20.5 Å². The van der Waals surface area contributed by atoms with Crippen molar-refractivity contribution in [1.29, 1.82) is 0 Å². The lowest BCUT2D eigenvalue weighted by atomic mass is 9.84. The molecule has 0 aliphatic heterocycles. The van der Waals surface area contributed by atoms with Gasteiger partial charge in [-0.05, 0) is 51.3 Å². The molecule has 1 amide bonds. The smallest absolute Gasteiger partial charge is 0.286 e. The van der Waals surface area contributed by atoms with E-state index in [-0.39, 0.29) is 35.6 Å². The van der Waals surface area contributed by atoms with Gasteiger partial charge in [-0.15, -0.1) is 10.2 Å². The summed E-state index contributed by atoms with van der Waals surface area (Å²) in [7, 11) is 0. The van der Waals surface area contributed by atoms with Gasteiger partial charge in [0.2, 0.25) is 17.6 Å². The number of carbonyl (C=O) groups excluding carboxylic acids is 2. The third-order valence-corrected chi connectivity index (χ3v) is 6.97. The number of nitrogens with zero attached hydrogens (tertiary/aromatic N) is 4. The molecule has 2 aromatic heterocycles. The second kappa shape index (κ2) is 11.3. The number of hydrogen-bond donors (Lipinski definition) is 1. The largest absolute Gasteiger partial charge is 0.417 e. The van der Waals surface area contributed by atoms with Gasteiger partial charge in [-0.1, -0.05) is 56.3 Å². The van der Waals surface area contributed by atoms with Crippen molar-refractivity contribution >= 4 is 11.7 Å². The third kappa shape index (κ3) is 5.75. The van der Waals surface area contributed by atoms with Crippen LogP contribution >= 0.6 is 0 Å². The number of nitrogens with one attached hydrogen (secondary N) is 1. The van der Waals surface area contributed by atoms with Crippen molar-refractivity contribution in [1.82, 2.24) is 25.1 Å². The third-order valence-electron chi connectivity index (χ3n) is 6.97. The lowest BCUT2D eigenvalue weighted by Gasteiger charge is -2.22. The Morgan fingerprint density at radius 1 is 1.02 bits per heavy atom. The molecule has 0 spiro atoms. The summed E-state index contributed by atoms with van der Waals surface area (Å²) in [6.07, 6.45) is 0. The molecule has 208 valence electrons. The molecule has 10 heteroatoms. The van der Waals surface area contributed by atoms with Crippen LogP contribution in [0.4, 0.5) is 4.39 Å². The van der Waals surface area contributed by atoms with Gasteiger partial charge >= 0.3 is 0 Å². The highest BCUT2D eigenvalue weighted by Gasteiger charge is 2.34. The second-order valence-corrected chi connectivity index (χ2v) is 10.6. The summed E-state index contributed by atoms with van der Waals surface area (Å²) in [5.41, 5.74) is 1.30. The number of halogens is 1. The van der Waals surface area contributed by atoms with Crippen molar-refractivity contribution in [3.05, 3.63) is 99.4 Å². The van der Waals surface area contributed by atoms with Crippen LogP contribution in [0.1, 0.15) is 61.1 Å². The molecule has 40 heavy (non-hydrogen) atoms. The zero-order valence-corrected chi connectivity index (χ0v) is 23.4. The Hall–Kier alpha value is -4.47. The minimum atomic E-state index is -0.981.